The Balaban J connectivity index is 1.85. The van der Waals surface area contributed by atoms with Crippen molar-refractivity contribution in [2.45, 2.75) is 19.3 Å². The summed E-state index contributed by atoms with van der Waals surface area (Å²) in [7, 11) is 2.23. The molecule has 0 saturated heterocycles. The first-order chi connectivity index (χ1) is 8.28. The Bertz CT molecular complexity index is 509. The van der Waals surface area contributed by atoms with E-state index in [1.165, 1.54) is 38.2 Å². The van der Waals surface area contributed by atoms with Crippen LogP contribution < -0.4 is 5.46 Å². The molecule has 0 radical (unpaired) electrons. The van der Waals surface area contributed by atoms with E-state index in [0.717, 1.165) is 18.6 Å². The van der Waals surface area contributed by atoms with Crippen molar-refractivity contribution in [3.63, 3.8) is 0 Å². The Morgan fingerprint density at radius 2 is 2.35 bits per heavy atom. The van der Waals surface area contributed by atoms with Crippen LogP contribution in [-0.4, -0.2) is 31.0 Å². The molecule has 0 aromatic carbocycles. The predicted molar refractivity (Wildman–Crippen MR) is 66.8 cm³/mol. The van der Waals surface area contributed by atoms with E-state index in [1.54, 1.807) is 0 Å². The van der Waals surface area contributed by atoms with Crippen molar-refractivity contribution in [1.82, 2.24) is 4.98 Å². The second kappa shape index (κ2) is 3.98. The number of fused-ring (bicyclic) bond motifs is 1. The van der Waals surface area contributed by atoms with Crippen molar-refractivity contribution in [1.29, 1.82) is 0 Å². The minimum absolute atomic E-state index is 0.336. The second-order valence-electron chi connectivity index (χ2n) is 4.61. The number of aromatic nitrogens is 1. The topological polar surface area (TPSA) is 51.5 Å². The highest BCUT2D eigenvalue weighted by molar-refractivity contribution is 6.88. The summed E-state index contributed by atoms with van der Waals surface area (Å²) >= 11 is 0. The molecule has 1 aromatic rings. The van der Waals surface area contributed by atoms with Gasteiger partial charge in [-0.25, -0.2) is 14.8 Å². The van der Waals surface area contributed by atoms with E-state index < -0.39 is 0 Å². The molecule has 1 fully saturated rings. The summed E-state index contributed by atoms with van der Waals surface area (Å²) in [5.41, 5.74) is 2.80. The van der Waals surface area contributed by atoms with E-state index in [9.17, 15) is 4.79 Å². The number of carbonyl (C=O) groups is 1. The van der Waals surface area contributed by atoms with E-state index in [-0.39, 0.29) is 5.97 Å². The first-order valence-corrected chi connectivity index (χ1v) is 5.92. The summed E-state index contributed by atoms with van der Waals surface area (Å²) in [5.74, 6) is 1.09. The van der Waals surface area contributed by atoms with Crippen molar-refractivity contribution < 1.29 is 9.53 Å². The molecule has 0 N–H and O–H groups in total. The zero-order chi connectivity index (χ0) is 11.8. The fourth-order valence-electron chi connectivity index (χ4n) is 2.31. The van der Waals surface area contributed by atoms with Crippen molar-refractivity contribution in [3.8, 4) is 0 Å². The third kappa shape index (κ3) is 1.75. The van der Waals surface area contributed by atoms with Crippen LogP contribution in [0.5, 0.6) is 0 Å². The van der Waals surface area contributed by atoms with Crippen LogP contribution >= 0.6 is 0 Å². The average Bonchev–Trinajstić information content (AvgIpc) is 2.67. The minimum atomic E-state index is -0.336. The van der Waals surface area contributed by atoms with Crippen molar-refractivity contribution in [3.05, 3.63) is 17.8 Å². The fraction of sp³-hybridized carbons (Fsp3) is 0.417. The smallest absolute Gasteiger partial charge is 0.339 e. The fourth-order valence-corrected chi connectivity index (χ4v) is 2.31. The van der Waals surface area contributed by atoms with Gasteiger partial charge in [-0.1, -0.05) is 6.42 Å². The summed E-state index contributed by atoms with van der Waals surface area (Å²) in [5, 5.41) is 0. The van der Waals surface area contributed by atoms with Gasteiger partial charge in [-0.2, -0.15) is 0 Å². The molecule has 1 aliphatic carbocycles. The molecule has 0 unspecified atom stereocenters. The van der Waals surface area contributed by atoms with Gasteiger partial charge < -0.3 is 4.74 Å². The molecule has 0 bridgehead atoms. The molecule has 0 amide bonds. The average molecular weight is 228 g/mol. The van der Waals surface area contributed by atoms with Crippen molar-refractivity contribution in [2.75, 3.05) is 7.11 Å². The van der Waals surface area contributed by atoms with E-state index in [0.29, 0.717) is 11.5 Å². The molecule has 3 rings (SSSR count). The van der Waals surface area contributed by atoms with Gasteiger partial charge in [0, 0.05) is 6.20 Å². The Hall–Kier alpha value is -1.65. The lowest BCUT2D eigenvalue weighted by Gasteiger charge is -2.25. The molecule has 1 saturated carbocycles. The number of ether oxygens (including phenoxy) is 1. The molecule has 4 nitrogen and oxygen atoms in total. The maximum absolute atomic E-state index is 11.4. The molecule has 17 heavy (non-hydrogen) atoms. The van der Waals surface area contributed by atoms with Crippen molar-refractivity contribution in [2.24, 2.45) is 10.9 Å². The van der Waals surface area contributed by atoms with Crippen LogP contribution in [0.2, 0.25) is 0 Å². The number of hydrogen-bond acceptors (Lipinski definition) is 4. The van der Waals surface area contributed by atoms with Gasteiger partial charge in [-0.05, 0) is 35.9 Å². The molecule has 1 aliphatic heterocycles. The molecule has 2 heterocycles. The summed E-state index contributed by atoms with van der Waals surface area (Å²) in [6.45, 7) is 0. The molecule has 5 heteroatoms. The molecule has 2 aliphatic rings. The van der Waals surface area contributed by atoms with Crippen molar-refractivity contribution >= 4 is 30.1 Å². The normalized spacial score (nSPS) is 17.8. The Morgan fingerprint density at radius 1 is 1.53 bits per heavy atom. The lowest BCUT2D eigenvalue weighted by atomic mass is 9.59. The zero-order valence-electron chi connectivity index (χ0n) is 9.77. The third-order valence-corrected chi connectivity index (χ3v) is 3.56. The minimum Gasteiger partial charge on any atom is -0.465 e. The van der Waals surface area contributed by atoms with Gasteiger partial charge >= 0.3 is 5.97 Å². The number of methoxy groups -OCH3 is 1. The Morgan fingerprint density at radius 3 is 3.00 bits per heavy atom. The van der Waals surface area contributed by atoms with Crippen LogP contribution in [0.15, 0.2) is 17.3 Å². The number of aliphatic imine (C=N–C) groups is 1. The maximum Gasteiger partial charge on any atom is 0.339 e. The van der Waals surface area contributed by atoms with Gasteiger partial charge in [0.1, 0.15) is 5.82 Å². The number of carbonyl (C=O) groups excluding carboxylic acids is 1. The number of esters is 1. The van der Waals surface area contributed by atoms with E-state index in [1.807, 2.05) is 6.07 Å². The third-order valence-electron chi connectivity index (χ3n) is 3.56. The van der Waals surface area contributed by atoms with Gasteiger partial charge in [-0.3, -0.25) is 0 Å². The number of rotatable bonds is 2. The summed E-state index contributed by atoms with van der Waals surface area (Å²) < 4.78 is 4.69. The van der Waals surface area contributed by atoms with Crippen LogP contribution in [-0.2, 0) is 4.74 Å². The molecule has 0 spiro atoms. The van der Waals surface area contributed by atoms with Gasteiger partial charge in [-0.15, -0.1) is 0 Å². The second-order valence-corrected chi connectivity index (χ2v) is 4.61. The lowest BCUT2D eigenvalue weighted by Crippen LogP contribution is -2.29. The number of pyridine rings is 1. The van der Waals surface area contributed by atoms with Gasteiger partial charge in [0.2, 0.25) is 7.28 Å². The zero-order valence-corrected chi connectivity index (χ0v) is 9.77. The standard InChI is InChI=1S/C12H13BN2O2/c1-17-12(16)8-5-9-11(14-6-8)15-10(13-9)7-3-2-4-7/h5-7,13H,2-4H2,1H3. The van der Waals surface area contributed by atoms with Crippen LogP contribution in [0.25, 0.3) is 0 Å². The number of hydrogen-bond donors (Lipinski definition) is 0. The Labute approximate surface area is 100 Å². The van der Waals surface area contributed by atoms with E-state index >= 15 is 0 Å². The van der Waals surface area contributed by atoms with Gasteiger partial charge in [0.25, 0.3) is 0 Å². The van der Waals surface area contributed by atoms with Crippen LogP contribution in [0.4, 0.5) is 5.82 Å². The number of nitrogens with zero attached hydrogens (tertiary/aromatic N) is 2. The highest BCUT2D eigenvalue weighted by Gasteiger charge is 2.29. The highest BCUT2D eigenvalue weighted by atomic mass is 16.5. The monoisotopic (exact) mass is 228 g/mol. The SMILES string of the molecule is COC(=O)c1cnc2c(c1)BC(C1CCC1)=N2. The first kappa shape index (κ1) is 10.5. The maximum atomic E-state index is 11.4. The van der Waals surface area contributed by atoms with Crippen LogP contribution in [0.1, 0.15) is 29.6 Å². The summed E-state index contributed by atoms with van der Waals surface area (Å²) in [6.07, 6.45) is 5.34. The van der Waals surface area contributed by atoms with Gasteiger partial charge in [0.15, 0.2) is 0 Å². The quantitative estimate of drug-likeness (QED) is 0.555. The largest absolute Gasteiger partial charge is 0.465 e. The Kier molecular flexibility index (Phi) is 2.46. The predicted octanol–water partition coefficient (Wildman–Crippen LogP) is 0.774. The molecule has 86 valence electrons. The molecule has 0 atom stereocenters. The van der Waals surface area contributed by atoms with Crippen LogP contribution in [0.3, 0.4) is 0 Å². The first-order valence-electron chi connectivity index (χ1n) is 5.92. The molecule has 1 aromatic heterocycles. The molecular formula is C12H13BN2O2. The van der Waals surface area contributed by atoms with Crippen LogP contribution in [0, 0.1) is 5.92 Å². The highest BCUT2D eigenvalue weighted by Crippen LogP contribution is 2.30. The van der Waals surface area contributed by atoms with E-state index in [4.69, 9.17) is 0 Å². The van der Waals surface area contributed by atoms with Gasteiger partial charge in [0.05, 0.1) is 12.7 Å². The molecular weight excluding hydrogens is 215 g/mol. The summed E-state index contributed by atoms with van der Waals surface area (Å²) in [4.78, 5) is 20.2. The lowest BCUT2D eigenvalue weighted by molar-refractivity contribution is 0.0600. The summed E-state index contributed by atoms with van der Waals surface area (Å²) in [6, 6.07) is 1.85. The van der Waals surface area contributed by atoms with E-state index in [2.05, 4.69) is 14.7 Å².